The lowest BCUT2D eigenvalue weighted by Crippen LogP contribution is -2.48. The highest BCUT2D eigenvalue weighted by atomic mass is 32.2. The maximum Gasteiger partial charge on any atom is 0.337 e. The maximum absolute atomic E-state index is 13.0. The van der Waals surface area contributed by atoms with Crippen molar-refractivity contribution in [2.24, 2.45) is 0 Å². The van der Waals surface area contributed by atoms with E-state index < -0.39 is 10.0 Å². The number of carbonyl (C=O) groups excluding carboxylic acids is 1. The van der Waals surface area contributed by atoms with E-state index in [-0.39, 0.29) is 5.97 Å². The minimum absolute atomic E-state index is 0.345. The molecule has 1 saturated heterocycles. The Kier molecular flexibility index (Phi) is 5.72. The number of ether oxygens (including phenoxy) is 1. The van der Waals surface area contributed by atoms with E-state index in [1.165, 1.54) is 18.2 Å². The van der Waals surface area contributed by atoms with Crippen LogP contribution in [0.5, 0.6) is 0 Å². The molecule has 1 aliphatic carbocycles. The Bertz CT molecular complexity index is 994. The molecule has 2 aliphatic rings. The summed E-state index contributed by atoms with van der Waals surface area (Å²) in [6, 6.07) is 13.0. The van der Waals surface area contributed by atoms with Crippen LogP contribution in [0.4, 0.5) is 0 Å². The van der Waals surface area contributed by atoms with Crippen molar-refractivity contribution in [1.82, 2.24) is 9.21 Å². The molecule has 0 amide bonds. The zero-order valence-electron chi connectivity index (χ0n) is 16.6. The summed E-state index contributed by atoms with van der Waals surface area (Å²) in [5.41, 5.74) is 4.08. The lowest BCUT2D eigenvalue weighted by Gasteiger charge is -2.34. The van der Waals surface area contributed by atoms with Gasteiger partial charge in [0.15, 0.2) is 0 Å². The fraction of sp³-hybridized carbons (Fsp3) is 0.409. The highest BCUT2D eigenvalue weighted by Gasteiger charge is 2.29. The van der Waals surface area contributed by atoms with Gasteiger partial charge in [-0.15, -0.1) is 0 Å². The van der Waals surface area contributed by atoms with Crippen LogP contribution >= 0.6 is 0 Å². The number of hydrogen-bond donors (Lipinski definition) is 0. The van der Waals surface area contributed by atoms with Crippen molar-refractivity contribution in [1.29, 1.82) is 0 Å². The zero-order chi connectivity index (χ0) is 20.4. The minimum atomic E-state index is -3.44. The molecule has 0 aromatic heterocycles. The van der Waals surface area contributed by atoms with Gasteiger partial charge < -0.3 is 4.74 Å². The fourth-order valence-electron chi connectivity index (χ4n) is 4.11. The average molecular weight is 415 g/mol. The van der Waals surface area contributed by atoms with E-state index in [0.717, 1.165) is 31.4 Å². The number of sulfonamides is 1. The predicted octanol–water partition coefficient (Wildman–Crippen LogP) is 2.47. The SMILES string of the molecule is COC(=O)c1ccc(CN2CCN(S(=O)(=O)c3ccc4c(c3)CCC4)CC2)cc1. The third kappa shape index (κ3) is 4.22. The average Bonchev–Trinajstić information content (AvgIpc) is 3.22. The Balaban J connectivity index is 1.37. The van der Waals surface area contributed by atoms with Crippen molar-refractivity contribution in [3.8, 4) is 0 Å². The number of benzene rings is 2. The molecule has 0 bridgehead atoms. The molecule has 6 nitrogen and oxygen atoms in total. The number of piperazine rings is 1. The van der Waals surface area contributed by atoms with Gasteiger partial charge in [0.1, 0.15) is 0 Å². The molecule has 29 heavy (non-hydrogen) atoms. The van der Waals surface area contributed by atoms with E-state index in [4.69, 9.17) is 4.74 Å². The summed E-state index contributed by atoms with van der Waals surface area (Å²) in [7, 11) is -2.08. The Hall–Kier alpha value is -2.22. The smallest absolute Gasteiger partial charge is 0.337 e. The van der Waals surface area contributed by atoms with Crippen LogP contribution in [-0.4, -0.2) is 56.9 Å². The number of esters is 1. The third-order valence-corrected chi connectivity index (χ3v) is 7.71. The van der Waals surface area contributed by atoms with Crippen LogP contribution < -0.4 is 0 Å². The van der Waals surface area contributed by atoms with Crippen molar-refractivity contribution >= 4 is 16.0 Å². The molecule has 0 saturated carbocycles. The monoisotopic (exact) mass is 414 g/mol. The summed E-state index contributed by atoms with van der Waals surface area (Å²) in [4.78, 5) is 14.2. The van der Waals surface area contributed by atoms with Crippen LogP contribution in [0.1, 0.15) is 33.5 Å². The van der Waals surface area contributed by atoms with E-state index in [0.29, 0.717) is 36.6 Å². The van der Waals surface area contributed by atoms with Crippen molar-refractivity contribution in [3.63, 3.8) is 0 Å². The van der Waals surface area contributed by atoms with Crippen molar-refractivity contribution < 1.29 is 17.9 Å². The molecule has 0 atom stereocenters. The first-order valence-electron chi connectivity index (χ1n) is 9.99. The van der Waals surface area contributed by atoms with Gasteiger partial charge in [0.2, 0.25) is 10.0 Å². The van der Waals surface area contributed by atoms with E-state index in [2.05, 4.69) is 4.90 Å². The quantitative estimate of drug-likeness (QED) is 0.703. The molecule has 0 spiro atoms. The molecule has 4 rings (SSSR count). The molecule has 2 aromatic carbocycles. The molecule has 1 heterocycles. The van der Waals surface area contributed by atoms with Gasteiger partial charge in [-0.2, -0.15) is 4.31 Å². The normalized spacial score (nSPS) is 17.8. The highest BCUT2D eigenvalue weighted by molar-refractivity contribution is 7.89. The van der Waals surface area contributed by atoms with Gasteiger partial charge in [0.05, 0.1) is 17.6 Å². The van der Waals surface area contributed by atoms with E-state index in [1.807, 2.05) is 24.3 Å². The third-order valence-electron chi connectivity index (χ3n) is 5.82. The summed E-state index contributed by atoms with van der Waals surface area (Å²) in [5, 5.41) is 0. The molecular formula is C22H26N2O4S. The second-order valence-corrected chi connectivity index (χ2v) is 9.59. The lowest BCUT2D eigenvalue weighted by atomic mass is 10.1. The molecule has 0 radical (unpaired) electrons. The van der Waals surface area contributed by atoms with Crippen molar-refractivity contribution in [3.05, 3.63) is 64.7 Å². The molecule has 7 heteroatoms. The second-order valence-electron chi connectivity index (χ2n) is 7.65. The Morgan fingerprint density at radius 1 is 0.966 bits per heavy atom. The van der Waals surface area contributed by atoms with Gasteiger partial charge in [0, 0.05) is 32.7 Å². The van der Waals surface area contributed by atoms with Gasteiger partial charge in [-0.3, -0.25) is 4.90 Å². The summed E-state index contributed by atoms with van der Waals surface area (Å²) < 4.78 is 32.4. The number of carbonyl (C=O) groups is 1. The van der Waals surface area contributed by atoms with Gasteiger partial charge >= 0.3 is 5.97 Å². The highest BCUT2D eigenvalue weighted by Crippen LogP contribution is 2.27. The first-order valence-corrected chi connectivity index (χ1v) is 11.4. The maximum atomic E-state index is 13.0. The van der Waals surface area contributed by atoms with Gasteiger partial charge in [-0.05, 0) is 60.2 Å². The fourth-order valence-corrected chi connectivity index (χ4v) is 5.58. The predicted molar refractivity (Wildman–Crippen MR) is 110 cm³/mol. The van der Waals surface area contributed by atoms with Crippen molar-refractivity contribution in [2.45, 2.75) is 30.7 Å². The number of methoxy groups -OCH3 is 1. The van der Waals surface area contributed by atoms with Crippen LogP contribution in [0.25, 0.3) is 0 Å². The summed E-state index contributed by atoms with van der Waals surface area (Å²) in [6.07, 6.45) is 3.13. The largest absolute Gasteiger partial charge is 0.465 e. The molecule has 0 N–H and O–H groups in total. The second kappa shape index (κ2) is 8.26. The van der Waals surface area contributed by atoms with Crippen LogP contribution in [-0.2, 0) is 34.1 Å². The molecule has 154 valence electrons. The van der Waals surface area contributed by atoms with E-state index >= 15 is 0 Å². The van der Waals surface area contributed by atoms with Crippen LogP contribution in [0.3, 0.4) is 0 Å². The number of hydrogen-bond acceptors (Lipinski definition) is 5. The van der Waals surface area contributed by atoms with E-state index in [1.54, 1.807) is 22.5 Å². The summed E-state index contributed by atoms with van der Waals surface area (Å²) in [5.74, 6) is -0.345. The number of rotatable bonds is 5. The molecule has 2 aromatic rings. The lowest BCUT2D eigenvalue weighted by molar-refractivity contribution is 0.0600. The Morgan fingerprint density at radius 3 is 2.34 bits per heavy atom. The standard InChI is InChI=1S/C22H26N2O4S/c1-28-22(25)19-7-5-17(6-8-19)16-23-11-13-24(14-12-23)29(26,27)21-10-9-18-3-2-4-20(18)15-21/h5-10,15H,2-4,11-14,16H2,1H3. The first-order chi connectivity index (χ1) is 14.0. The minimum Gasteiger partial charge on any atom is -0.465 e. The topological polar surface area (TPSA) is 66.9 Å². The van der Waals surface area contributed by atoms with Crippen LogP contribution in [0.15, 0.2) is 47.4 Å². The number of aryl methyl sites for hydroxylation is 2. The van der Waals surface area contributed by atoms with Crippen LogP contribution in [0.2, 0.25) is 0 Å². The summed E-state index contributed by atoms with van der Waals surface area (Å²) in [6.45, 7) is 3.07. The Labute approximate surface area is 172 Å². The van der Waals surface area contributed by atoms with E-state index in [9.17, 15) is 13.2 Å². The zero-order valence-corrected chi connectivity index (χ0v) is 17.5. The number of fused-ring (bicyclic) bond motifs is 1. The first kappa shape index (κ1) is 20.1. The number of nitrogens with zero attached hydrogens (tertiary/aromatic N) is 2. The van der Waals surface area contributed by atoms with Crippen LogP contribution in [0, 0.1) is 0 Å². The van der Waals surface area contributed by atoms with Crippen molar-refractivity contribution in [2.75, 3.05) is 33.3 Å². The van der Waals surface area contributed by atoms with Gasteiger partial charge in [0.25, 0.3) is 0 Å². The summed E-state index contributed by atoms with van der Waals surface area (Å²) >= 11 is 0. The molecule has 1 fully saturated rings. The van der Waals surface area contributed by atoms with Gasteiger partial charge in [-0.1, -0.05) is 18.2 Å². The molecular weight excluding hydrogens is 388 g/mol. The molecule has 1 aliphatic heterocycles. The van der Waals surface area contributed by atoms with Gasteiger partial charge in [-0.25, -0.2) is 13.2 Å². The Morgan fingerprint density at radius 2 is 1.66 bits per heavy atom. The molecule has 0 unspecified atom stereocenters.